The number of hydrogen-bond acceptors (Lipinski definition) is 2. The SMILES string of the molecule is C=CC.CC(C)C(N)=O.O=C1CCCCC1. The topological polar surface area (TPSA) is 60.2 Å². The van der Waals surface area contributed by atoms with Crippen molar-refractivity contribution in [2.45, 2.75) is 52.9 Å². The summed E-state index contributed by atoms with van der Waals surface area (Å²) in [4.78, 5) is 20.4. The van der Waals surface area contributed by atoms with Gasteiger partial charge in [-0.3, -0.25) is 9.59 Å². The molecule has 0 radical (unpaired) electrons. The van der Waals surface area contributed by atoms with Crippen LogP contribution in [0.4, 0.5) is 0 Å². The maximum atomic E-state index is 10.5. The molecule has 1 fully saturated rings. The number of hydrogen-bond donors (Lipinski definition) is 1. The van der Waals surface area contributed by atoms with Gasteiger partial charge in [0.05, 0.1) is 0 Å². The molecule has 1 aliphatic rings. The highest BCUT2D eigenvalue weighted by atomic mass is 16.1. The standard InChI is InChI=1S/C6H10O.C4H9NO.C3H6/c7-6-4-2-1-3-5-6;1-3(2)4(5)6;1-3-2/h1-5H2;3H,1-2H3,(H2,5,6);3H,1H2,2H3. The number of nitrogens with two attached hydrogens (primary N) is 1. The molecule has 0 heterocycles. The van der Waals surface area contributed by atoms with E-state index in [0.717, 1.165) is 25.7 Å². The van der Waals surface area contributed by atoms with Gasteiger partial charge >= 0.3 is 0 Å². The average molecular weight is 227 g/mol. The van der Waals surface area contributed by atoms with E-state index in [1.54, 1.807) is 19.9 Å². The molecule has 3 heteroatoms. The molecule has 0 spiro atoms. The van der Waals surface area contributed by atoms with E-state index in [4.69, 9.17) is 5.73 Å². The van der Waals surface area contributed by atoms with Crippen LogP contribution in [0, 0.1) is 5.92 Å². The van der Waals surface area contributed by atoms with Crippen LogP contribution in [0.5, 0.6) is 0 Å². The number of ketones is 1. The van der Waals surface area contributed by atoms with Crippen molar-refractivity contribution in [3.05, 3.63) is 12.7 Å². The minimum Gasteiger partial charge on any atom is -0.369 e. The Morgan fingerprint density at radius 1 is 1.31 bits per heavy atom. The number of carbonyl (C=O) groups is 2. The zero-order chi connectivity index (χ0) is 13.0. The van der Waals surface area contributed by atoms with Crippen LogP contribution in [-0.2, 0) is 9.59 Å². The first-order valence-corrected chi connectivity index (χ1v) is 5.83. The molecule has 0 aliphatic heterocycles. The largest absolute Gasteiger partial charge is 0.369 e. The van der Waals surface area contributed by atoms with Gasteiger partial charge in [-0.2, -0.15) is 0 Å². The fourth-order valence-electron chi connectivity index (χ4n) is 0.946. The van der Waals surface area contributed by atoms with E-state index in [9.17, 15) is 9.59 Å². The van der Waals surface area contributed by atoms with Gasteiger partial charge in [0.25, 0.3) is 0 Å². The third kappa shape index (κ3) is 15.4. The maximum Gasteiger partial charge on any atom is 0.219 e. The molecule has 0 aromatic heterocycles. The zero-order valence-electron chi connectivity index (χ0n) is 10.8. The number of primary amides is 1. The van der Waals surface area contributed by atoms with Crippen molar-refractivity contribution in [1.29, 1.82) is 0 Å². The zero-order valence-corrected chi connectivity index (χ0v) is 10.8. The highest BCUT2D eigenvalue weighted by Gasteiger charge is 2.05. The molecule has 3 nitrogen and oxygen atoms in total. The Hall–Kier alpha value is -1.12. The smallest absolute Gasteiger partial charge is 0.219 e. The van der Waals surface area contributed by atoms with Crippen LogP contribution in [-0.4, -0.2) is 11.7 Å². The van der Waals surface area contributed by atoms with E-state index >= 15 is 0 Å². The molecule has 0 aromatic carbocycles. The van der Waals surface area contributed by atoms with E-state index in [1.165, 1.54) is 6.42 Å². The van der Waals surface area contributed by atoms with Crippen molar-refractivity contribution >= 4 is 11.7 Å². The quantitative estimate of drug-likeness (QED) is 0.700. The minimum atomic E-state index is -0.241. The first kappa shape index (κ1) is 17.3. The molecule has 0 atom stereocenters. The Balaban J connectivity index is 0. The summed E-state index contributed by atoms with van der Waals surface area (Å²) in [5.41, 5.74) is 4.80. The molecule has 1 saturated carbocycles. The lowest BCUT2D eigenvalue weighted by molar-refractivity contribution is -0.121. The first-order chi connectivity index (χ1) is 7.45. The summed E-state index contributed by atoms with van der Waals surface area (Å²) in [7, 11) is 0. The van der Waals surface area contributed by atoms with E-state index in [1.807, 2.05) is 6.92 Å². The molecule has 0 aromatic rings. The number of Topliss-reactive ketones (excluding diaryl/α,β-unsaturated/α-hetero) is 1. The Morgan fingerprint density at radius 3 is 1.75 bits per heavy atom. The van der Waals surface area contributed by atoms with Gasteiger partial charge in [-0.25, -0.2) is 0 Å². The van der Waals surface area contributed by atoms with Crippen LogP contribution in [0.3, 0.4) is 0 Å². The van der Waals surface area contributed by atoms with Crippen LogP contribution in [0.15, 0.2) is 12.7 Å². The molecule has 1 amide bonds. The Kier molecular flexibility index (Phi) is 12.9. The van der Waals surface area contributed by atoms with Crippen molar-refractivity contribution in [3.8, 4) is 0 Å². The van der Waals surface area contributed by atoms with Gasteiger partial charge in [-0.15, -0.1) is 6.58 Å². The lowest BCUT2D eigenvalue weighted by Gasteiger charge is -2.05. The van der Waals surface area contributed by atoms with Crippen LogP contribution in [0.1, 0.15) is 52.9 Å². The van der Waals surface area contributed by atoms with Crippen LogP contribution in [0.2, 0.25) is 0 Å². The monoisotopic (exact) mass is 227 g/mol. The molecule has 94 valence electrons. The molecule has 0 unspecified atom stereocenters. The number of amides is 1. The Labute approximate surface area is 99.1 Å². The maximum absolute atomic E-state index is 10.5. The van der Waals surface area contributed by atoms with Crippen LogP contribution < -0.4 is 5.73 Å². The second kappa shape index (κ2) is 12.0. The van der Waals surface area contributed by atoms with Gasteiger partial charge in [-0.05, 0) is 19.8 Å². The van der Waals surface area contributed by atoms with Crippen molar-refractivity contribution in [2.24, 2.45) is 11.7 Å². The molecule has 1 rings (SSSR count). The molecule has 1 aliphatic carbocycles. The third-order valence-electron chi connectivity index (χ3n) is 1.98. The van der Waals surface area contributed by atoms with Gasteiger partial charge in [0, 0.05) is 18.8 Å². The number of carbonyl (C=O) groups excluding carboxylic acids is 2. The van der Waals surface area contributed by atoms with Gasteiger partial charge in [0.1, 0.15) is 5.78 Å². The van der Waals surface area contributed by atoms with Crippen LogP contribution in [0.25, 0.3) is 0 Å². The fourth-order valence-corrected chi connectivity index (χ4v) is 0.946. The summed E-state index contributed by atoms with van der Waals surface area (Å²) < 4.78 is 0. The summed E-state index contributed by atoms with van der Waals surface area (Å²) in [6.07, 6.45) is 6.99. The number of rotatable bonds is 1. The lowest BCUT2D eigenvalue weighted by atomic mass is 10.00. The van der Waals surface area contributed by atoms with E-state index < -0.39 is 0 Å². The molecule has 0 bridgehead atoms. The Bertz CT molecular complexity index is 202. The second-order valence-electron chi connectivity index (χ2n) is 4.06. The minimum absolute atomic E-state index is 0.00926. The van der Waals surface area contributed by atoms with E-state index in [-0.39, 0.29) is 11.8 Å². The van der Waals surface area contributed by atoms with Gasteiger partial charge < -0.3 is 5.73 Å². The van der Waals surface area contributed by atoms with Gasteiger partial charge in [0.2, 0.25) is 5.91 Å². The van der Waals surface area contributed by atoms with Gasteiger partial charge in [-0.1, -0.05) is 26.3 Å². The molecular weight excluding hydrogens is 202 g/mol. The molecular formula is C13H25NO2. The second-order valence-corrected chi connectivity index (χ2v) is 4.06. The predicted molar refractivity (Wildman–Crippen MR) is 68.0 cm³/mol. The summed E-state index contributed by atoms with van der Waals surface area (Å²) in [5.74, 6) is 0.214. The first-order valence-electron chi connectivity index (χ1n) is 5.83. The van der Waals surface area contributed by atoms with Crippen molar-refractivity contribution in [3.63, 3.8) is 0 Å². The summed E-state index contributed by atoms with van der Waals surface area (Å²) in [5, 5.41) is 0. The van der Waals surface area contributed by atoms with E-state index in [2.05, 4.69) is 6.58 Å². The molecule has 16 heavy (non-hydrogen) atoms. The summed E-state index contributed by atoms with van der Waals surface area (Å²) in [6, 6.07) is 0. The Morgan fingerprint density at radius 2 is 1.62 bits per heavy atom. The lowest BCUT2D eigenvalue weighted by Crippen LogP contribution is -2.17. The highest BCUT2D eigenvalue weighted by Crippen LogP contribution is 2.12. The molecule has 2 N–H and O–H groups in total. The number of allylic oxidation sites excluding steroid dienone is 1. The predicted octanol–water partition coefficient (Wildman–Crippen LogP) is 2.84. The van der Waals surface area contributed by atoms with Crippen LogP contribution >= 0.6 is 0 Å². The normalized spacial score (nSPS) is 14.1. The average Bonchev–Trinajstić information content (AvgIpc) is 2.20. The van der Waals surface area contributed by atoms with Crippen molar-refractivity contribution in [2.75, 3.05) is 0 Å². The molecule has 0 saturated heterocycles. The van der Waals surface area contributed by atoms with Crippen molar-refractivity contribution < 1.29 is 9.59 Å². The van der Waals surface area contributed by atoms with Gasteiger partial charge in [0.15, 0.2) is 0 Å². The van der Waals surface area contributed by atoms with E-state index in [0.29, 0.717) is 5.78 Å². The summed E-state index contributed by atoms with van der Waals surface area (Å²) >= 11 is 0. The highest BCUT2D eigenvalue weighted by molar-refractivity contribution is 5.78. The van der Waals surface area contributed by atoms with Crippen molar-refractivity contribution in [1.82, 2.24) is 0 Å². The fraction of sp³-hybridized carbons (Fsp3) is 0.692. The third-order valence-corrected chi connectivity index (χ3v) is 1.98. The summed E-state index contributed by atoms with van der Waals surface area (Å²) in [6.45, 7) is 8.78.